The highest BCUT2D eigenvalue weighted by molar-refractivity contribution is 7.89. The molecule has 0 saturated carbocycles. The van der Waals surface area contributed by atoms with E-state index in [1.54, 1.807) is 10.5 Å². The number of nitrogens with zero attached hydrogens (tertiary/aromatic N) is 2. The Balaban J connectivity index is 2.35. The highest BCUT2D eigenvalue weighted by Gasteiger charge is 2.37. The fraction of sp³-hybridized carbons (Fsp3) is 0.733. The number of hydrogen-bond acceptors (Lipinski definition) is 3. The summed E-state index contributed by atoms with van der Waals surface area (Å²) in [4.78, 5) is 0.433. The van der Waals surface area contributed by atoms with Crippen LogP contribution in [0.3, 0.4) is 0 Å². The third-order valence-electron chi connectivity index (χ3n) is 4.28. The van der Waals surface area contributed by atoms with Crippen LogP contribution in [0.25, 0.3) is 0 Å². The van der Waals surface area contributed by atoms with Crippen molar-refractivity contribution in [1.29, 1.82) is 0 Å². The van der Waals surface area contributed by atoms with Crippen LogP contribution in [0.5, 0.6) is 0 Å². The van der Waals surface area contributed by atoms with E-state index in [0.717, 1.165) is 25.1 Å². The first kappa shape index (κ1) is 16.5. The Kier molecular flexibility index (Phi) is 5.11. The highest BCUT2D eigenvalue weighted by atomic mass is 32.2. The zero-order chi connectivity index (χ0) is 15.6. The number of aromatic nitrogens is 1. The molecule has 1 N–H and O–H groups in total. The maximum Gasteiger partial charge on any atom is 0.244 e. The van der Waals surface area contributed by atoms with Crippen molar-refractivity contribution in [3.63, 3.8) is 0 Å². The lowest BCUT2D eigenvalue weighted by molar-refractivity contribution is 0.315. The molecule has 1 fully saturated rings. The average Bonchev–Trinajstić information content (AvgIpc) is 3.05. The topological polar surface area (TPSA) is 54.3 Å². The molecular formula is C15H27N3O2S. The average molecular weight is 313 g/mol. The maximum absolute atomic E-state index is 12.9. The molecule has 2 rings (SSSR count). The molecular weight excluding hydrogens is 286 g/mol. The van der Waals surface area contributed by atoms with Gasteiger partial charge < -0.3 is 9.88 Å². The summed E-state index contributed by atoms with van der Waals surface area (Å²) in [6, 6.07) is 1.94. The van der Waals surface area contributed by atoms with E-state index in [9.17, 15) is 8.42 Å². The number of nitrogens with one attached hydrogen (secondary N) is 1. The van der Waals surface area contributed by atoms with Crippen LogP contribution in [0.1, 0.15) is 39.3 Å². The predicted molar refractivity (Wildman–Crippen MR) is 84.6 cm³/mol. The van der Waals surface area contributed by atoms with Gasteiger partial charge in [0.25, 0.3) is 0 Å². The number of sulfonamides is 1. The van der Waals surface area contributed by atoms with Gasteiger partial charge in [-0.1, -0.05) is 13.8 Å². The minimum atomic E-state index is -3.38. The van der Waals surface area contributed by atoms with Crippen LogP contribution in [0.4, 0.5) is 0 Å². The summed E-state index contributed by atoms with van der Waals surface area (Å²) >= 11 is 0. The lowest BCUT2D eigenvalue weighted by Gasteiger charge is -2.26. The lowest BCUT2D eigenvalue weighted by Crippen LogP contribution is -2.38. The zero-order valence-corrected chi connectivity index (χ0v) is 14.3. The zero-order valence-electron chi connectivity index (χ0n) is 13.5. The molecule has 120 valence electrons. The summed E-state index contributed by atoms with van der Waals surface area (Å²) in [5, 5.41) is 3.09. The minimum absolute atomic E-state index is 0.132. The Labute approximate surface area is 128 Å². The van der Waals surface area contributed by atoms with E-state index < -0.39 is 10.0 Å². The second-order valence-electron chi connectivity index (χ2n) is 6.05. The summed E-state index contributed by atoms with van der Waals surface area (Å²) in [7, 11) is -1.51. The SMILES string of the molecule is CCn1cc(S(=O)(=O)N2CCCC2C(C)C)cc1CNC. The minimum Gasteiger partial charge on any atom is -0.349 e. The van der Waals surface area contributed by atoms with Crippen LogP contribution in [0.2, 0.25) is 0 Å². The number of hydrogen-bond donors (Lipinski definition) is 1. The number of rotatable bonds is 6. The first-order chi connectivity index (χ1) is 9.91. The van der Waals surface area contributed by atoms with Gasteiger partial charge in [0.2, 0.25) is 10.0 Å². The quantitative estimate of drug-likeness (QED) is 0.874. The molecule has 0 aromatic carbocycles. The third kappa shape index (κ3) is 3.17. The van der Waals surface area contributed by atoms with Crippen LogP contribution in [-0.2, 0) is 23.1 Å². The molecule has 1 aromatic heterocycles. The Hall–Kier alpha value is -0.850. The van der Waals surface area contributed by atoms with Crippen molar-refractivity contribution in [2.24, 2.45) is 5.92 Å². The first-order valence-electron chi connectivity index (χ1n) is 7.77. The van der Waals surface area contributed by atoms with Gasteiger partial charge in [-0.3, -0.25) is 0 Å². The summed E-state index contributed by atoms with van der Waals surface area (Å²) < 4.78 is 29.6. The van der Waals surface area contributed by atoms with E-state index in [1.165, 1.54) is 0 Å². The van der Waals surface area contributed by atoms with Crippen molar-refractivity contribution < 1.29 is 8.42 Å². The molecule has 1 unspecified atom stereocenters. The summed E-state index contributed by atoms with van der Waals surface area (Å²) in [5.41, 5.74) is 1.01. The van der Waals surface area contributed by atoms with E-state index >= 15 is 0 Å². The van der Waals surface area contributed by atoms with Crippen molar-refractivity contribution in [1.82, 2.24) is 14.2 Å². The standard InChI is InChI=1S/C15H27N3O2S/c1-5-17-11-14(9-13(17)10-16-4)21(19,20)18-8-6-7-15(18)12(2)3/h9,11-12,15-16H,5-8,10H2,1-4H3. The Bertz CT molecular complexity index is 578. The molecule has 1 saturated heterocycles. The largest absolute Gasteiger partial charge is 0.349 e. The summed E-state index contributed by atoms with van der Waals surface area (Å²) in [6.45, 7) is 8.33. The normalized spacial score (nSPS) is 20.5. The molecule has 0 spiro atoms. The second-order valence-corrected chi connectivity index (χ2v) is 7.94. The van der Waals surface area contributed by atoms with Gasteiger partial charge in [0.15, 0.2) is 0 Å². The third-order valence-corrected chi connectivity index (χ3v) is 6.17. The van der Waals surface area contributed by atoms with Crippen LogP contribution in [-0.4, -0.2) is 36.9 Å². The fourth-order valence-electron chi connectivity index (χ4n) is 3.16. The molecule has 0 radical (unpaired) electrons. The molecule has 6 heteroatoms. The van der Waals surface area contributed by atoms with E-state index in [0.29, 0.717) is 23.9 Å². The van der Waals surface area contributed by atoms with Crippen LogP contribution in [0, 0.1) is 5.92 Å². The van der Waals surface area contributed by atoms with Gasteiger partial charge >= 0.3 is 0 Å². The maximum atomic E-state index is 12.9. The second kappa shape index (κ2) is 6.50. The molecule has 0 amide bonds. The van der Waals surface area contributed by atoms with Crippen LogP contribution < -0.4 is 5.32 Å². The van der Waals surface area contributed by atoms with E-state index in [2.05, 4.69) is 19.2 Å². The van der Waals surface area contributed by atoms with Crippen LogP contribution >= 0.6 is 0 Å². The van der Waals surface area contributed by atoms with E-state index in [4.69, 9.17) is 0 Å². The van der Waals surface area contributed by atoms with E-state index in [1.807, 2.05) is 24.6 Å². The molecule has 1 atom stereocenters. The van der Waals surface area contributed by atoms with E-state index in [-0.39, 0.29) is 6.04 Å². The van der Waals surface area contributed by atoms with Crippen molar-refractivity contribution in [2.75, 3.05) is 13.6 Å². The summed E-state index contributed by atoms with van der Waals surface area (Å²) in [6.07, 6.45) is 3.70. The predicted octanol–water partition coefficient (Wildman–Crippen LogP) is 2.04. The molecule has 1 aliphatic heterocycles. The van der Waals surface area contributed by atoms with Crippen molar-refractivity contribution in [3.8, 4) is 0 Å². The molecule has 21 heavy (non-hydrogen) atoms. The monoisotopic (exact) mass is 313 g/mol. The summed E-state index contributed by atoms with van der Waals surface area (Å²) in [5.74, 6) is 0.354. The Morgan fingerprint density at radius 1 is 1.43 bits per heavy atom. The first-order valence-corrected chi connectivity index (χ1v) is 9.21. The Morgan fingerprint density at radius 3 is 2.71 bits per heavy atom. The van der Waals surface area contributed by atoms with Crippen molar-refractivity contribution in [2.45, 2.75) is 57.6 Å². The smallest absolute Gasteiger partial charge is 0.244 e. The molecule has 0 bridgehead atoms. The van der Waals surface area contributed by atoms with Gasteiger partial charge in [0.1, 0.15) is 4.90 Å². The molecule has 0 aliphatic carbocycles. The van der Waals surface area contributed by atoms with Gasteiger partial charge in [-0.05, 0) is 38.8 Å². The van der Waals surface area contributed by atoms with Gasteiger partial charge in [-0.15, -0.1) is 0 Å². The van der Waals surface area contributed by atoms with Gasteiger partial charge in [-0.2, -0.15) is 4.31 Å². The van der Waals surface area contributed by atoms with Gasteiger partial charge in [-0.25, -0.2) is 8.42 Å². The van der Waals surface area contributed by atoms with Gasteiger partial charge in [0, 0.05) is 37.6 Å². The van der Waals surface area contributed by atoms with Gasteiger partial charge in [0.05, 0.1) is 0 Å². The molecule has 2 heterocycles. The fourth-order valence-corrected chi connectivity index (χ4v) is 5.05. The van der Waals surface area contributed by atoms with Crippen molar-refractivity contribution >= 4 is 10.0 Å². The molecule has 1 aromatic rings. The Morgan fingerprint density at radius 2 is 2.14 bits per heavy atom. The van der Waals surface area contributed by atoms with Crippen molar-refractivity contribution in [3.05, 3.63) is 18.0 Å². The molecule has 5 nitrogen and oxygen atoms in total. The number of aryl methyl sites for hydroxylation is 1. The molecule has 1 aliphatic rings. The highest BCUT2D eigenvalue weighted by Crippen LogP contribution is 2.30. The lowest BCUT2D eigenvalue weighted by atomic mass is 10.0. The van der Waals surface area contributed by atoms with Crippen LogP contribution in [0.15, 0.2) is 17.2 Å².